The van der Waals surface area contributed by atoms with Gasteiger partial charge in [0.1, 0.15) is 5.75 Å². The number of aromatic nitrogens is 1. The Morgan fingerprint density at radius 1 is 1.38 bits per heavy atom. The maximum Gasteiger partial charge on any atom is 0.387 e. The Labute approximate surface area is 143 Å². The van der Waals surface area contributed by atoms with Crippen LogP contribution in [0.5, 0.6) is 5.75 Å². The van der Waals surface area contributed by atoms with Crippen LogP contribution in [0, 0.1) is 6.92 Å². The summed E-state index contributed by atoms with van der Waals surface area (Å²) in [7, 11) is 1.85. The Hall–Kier alpha value is -2.06. The molecule has 5 nitrogen and oxygen atoms in total. The van der Waals surface area contributed by atoms with E-state index in [1.165, 1.54) is 24.3 Å². The summed E-state index contributed by atoms with van der Waals surface area (Å²) in [6, 6.07) is 5.43. The van der Waals surface area contributed by atoms with Crippen LogP contribution in [0.3, 0.4) is 0 Å². The predicted molar refractivity (Wildman–Crippen MR) is 89.5 cm³/mol. The van der Waals surface area contributed by atoms with Crippen molar-refractivity contribution >= 4 is 22.9 Å². The van der Waals surface area contributed by atoms with Crippen molar-refractivity contribution in [3.05, 3.63) is 40.3 Å². The predicted octanol–water partition coefficient (Wildman–Crippen LogP) is 3.51. The number of hydrogen-bond acceptors (Lipinski definition) is 5. The number of halogens is 2. The van der Waals surface area contributed by atoms with Crippen molar-refractivity contribution in [2.45, 2.75) is 33.0 Å². The second-order valence-electron chi connectivity index (χ2n) is 5.34. The van der Waals surface area contributed by atoms with Gasteiger partial charge in [0.25, 0.3) is 0 Å². The third kappa shape index (κ3) is 5.24. The van der Waals surface area contributed by atoms with E-state index >= 15 is 0 Å². The van der Waals surface area contributed by atoms with Gasteiger partial charge in [-0.3, -0.25) is 9.69 Å². The van der Waals surface area contributed by atoms with Gasteiger partial charge in [0, 0.05) is 17.6 Å². The molecule has 1 atom stereocenters. The third-order valence-corrected chi connectivity index (χ3v) is 4.29. The maximum atomic E-state index is 12.3. The van der Waals surface area contributed by atoms with E-state index in [-0.39, 0.29) is 17.7 Å². The second-order valence-corrected chi connectivity index (χ2v) is 6.40. The van der Waals surface area contributed by atoms with Crippen molar-refractivity contribution in [1.82, 2.24) is 9.88 Å². The smallest absolute Gasteiger partial charge is 0.387 e. The fourth-order valence-electron chi connectivity index (χ4n) is 2.04. The van der Waals surface area contributed by atoms with Crippen LogP contribution in [0.25, 0.3) is 0 Å². The summed E-state index contributed by atoms with van der Waals surface area (Å²) in [5.74, 6) is -0.140. The van der Waals surface area contributed by atoms with Gasteiger partial charge in [-0.15, -0.1) is 11.3 Å². The number of carbonyl (C=O) groups excluding carboxylic acids is 1. The number of hydrogen-bond donors (Lipinski definition) is 1. The fraction of sp³-hybridized carbons (Fsp3) is 0.375. The first-order valence-electron chi connectivity index (χ1n) is 7.32. The summed E-state index contributed by atoms with van der Waals surface area (Å²) < 4.78 is 28.5. The van der Waals surface area contributed by atoms with Crippen molar-refractivity contribution in [2.24, 2.45) is 0 Å². The van der Waals surface area contributed by atoms with Gasteiger partial charge < -0.3 is 10.1 Å². The highest BCUT2D eigenvalue weighted by atomic mass is 32.1. The lowest BCUT2D eigenvalue weighted by Crippen LogP contribution is -2.39. The van der Waals surface area contributed by atoms with E-state index in [1.54, 1.807) is 18.3 Å². The van der Waals surface area contributed by atoms with Crippen molar-refractivity contribution in [2.75, 3.05) is 12.4 Å². The summed E-state index contributed by atoms with van der Waals surface area (Å²) in [6.45, 7) is 1.43. The van der Waals surface area contributed by atoms with Crippen molar-refractivity contribution in [3.63, 3.8) is 0 Å². The molecule has 1 aromatic carbocycles. The monoisotopic (exact) mass is 355 g/mol. The number of anilines is 1. The topological polar surface area (TPSA) is 54.5 Å². The van der Waals surface area contributed by atoms with Crippen molar-refractivity contribution in [3.8, 4) is 5.75 Å². The van der Waals surface area contributed by atoms with Crippen LogP contribution < -0.4 is 10.1 Å². The molecule has 1 heterocycles. The number of amides is 1. The van der Waals surface area contributed by atoms with E-state index in [1.807, 2.05) is 24.3 Å². The first-order valence-corrected chi connectivity index (χ1v) is 8.20. The molecule has 0 radical (unpaired) electrons. The SMILES string of the molecule is Cc1nc(CN(C)C(C)C(=O)Nc2ccc(OC(F)F)cc2)cs1. The average Bonchev–Trinajstić information content (AvgIpc) is 2.93. The van der Waals surface area contributed by atoms with Crippen LogP contribution in [0.4, 0.5) is 14.5 Å². The minimum atomic E-state index is -2.87. The van der Waals surface area contributed by atoms with Gasteiger partial charge in [-0.1, -0.05) is 0 Å². The highest BCUT2D eigenvalue weighted by Gasteiger charge is 2.19. The van der Waals surface area contributed by atoms with Gasteiger partial charge in [0.15, 0.2) is 0 Å². The van der Waals surface area contributed by atoms with Crippen molar-refractivity contribution in [1.29, 1.82) is 0 Å². The zero-order valence-electron chi connectivity index (χ0n) is 13.6. The van der Waals surface area contributed by atoms with E-state index in [2.05, 4.69) is 15.0 Å². The normalized spacial score (nSPS) is 12.5. The van der Waals surface area contributed by atoms with Crippen molar-refractivity contribution < 1.29 is 18.3 Å². The fourth-order valence-corrected chi connectivity index (χ4v) is 2.64. The van der Waals surface area contributed by atoms with Gasteiger partial charge in [-0.2, -0.15) is 8.78 Å². The van der Waals surface area contributed by atoms with Crippen LogP contribution in [-0.2, 0) is 11.3 Å². The Kier molecular flexibility index (Phi) is 6.22. The third-order valence-electron chi connectivity index (χ3n) is 3.47. The largest absolute Gasteiger partial charge is 0.435 e. The highest BCUT2D eigenvalue weighted by Crippen LogP contribution is 2.18. The van der Waals surface area contributed by atoms with Gasteiger partial charge >= 0.3 is 6.61 Å². The average molecular weight is 355 g/mol. The molecule has 8 heteroatoms. The van der Waals surface area contributed by atoms with Gasteiger partial charge in [0.05, 0.1) is 16.7 Å². The molecule has 0 aliphatic rings. The molecule has 0 saturated carbocycles. The zero-order chi connectivity index (χ0) is 17.7. The zero-order valence-corrected chi connectivity index (χ0v) is 14.4. The number of ether oxygens (including phenoxy) is 1. The van der Waals surface area contributed by atoms with E-state index in [0.717, 1.165) is 10.7 Å². The first kappa shape index (κ1) is 18.3. The van der Waals surface area contributed by atoms with Gasteiger partial charge in [-0.25, -0.2) is 4.98 Å². The Morgan fingerprint density at radius 2 is 2.04 bits per heavy atom. The summed E-state index contributed by atoms with van der Waals surface area (Å²) in [6.07, 6.45) is 0. The van der Waals surface area contributed by atoms with E-state index in [0.29, 0.717) is 12.2 Å². The Morgan fingerprint density at radius 3 is 2.58 bits per heavy atom. The summed E-state index contributed by atoms with van der Waals surface area (Å²) in [5, 5.41) is 5.71. The molecule has 1 unspecified atom stereocenters. The molecule has 0 aliphatic heterocycles. The van der Waals surface area contributed by atoms with Crippen LogP contribution >= 0.6 is 11.3 Å². The molecule has 1 amide bonds. The van der Waals surface area contributed by atoms with Gasteiger partial charge in [-0.05, 0) is 45.2 Å². The molecule has 1 aromatic heterocycles. The lowest BCUT2D eigenvalue weighted by atomic mass is 10.2. The molecule has 0 spiro atoms. The number of carbonyl (C=O) groups is 1. The highest BCUT2D eigenvalue weighted by molar-refractivity contribution is 7.09. The van der Waals surface area contributed by atoms with Crippen LogP contribution in [-0.4, -0.2) is 35.5 Å². The first-order chi connectivity index (χ1) is 11.3. The number of thiazole rings is 1. The van der Waals surface area contributed by atoms with E-state index in [4.69, 9.17) is 0 Å². The number of likely N-dealkylation sites (N-methyl/N-ethyl adjacent to an activating group) is 1. The van der Waals surface area contributed by atoms with E-state index in [9.17, 15) is 13.6 Å². The second kappa shape index (κ2) is 8.16. The number of alkyl halides is 2. The number of benzene rings is 1. The number of aryl methyl sites for hydroxylation is 1. The molecular weight excluding hydrogens is 336 g/mol. The molecule has 0 fully saturated rings. The van der Waals surface area contributed by atoms with Crippen LogP contribution in [0.2, 0.25) is 0 Å². The summed E-state index contributed by atoms with van der Waals surface area (Å²) in [4.78, 5) is 18.6. The molecule has 2 aromatic rings. The Balaban J connectivity index is 1.90. The van der Waals surface area contributed by atoms with Gasteiger partial charge in [0.2, 0.25) is 5.91 Å². The quantitative estimate of drug-likeness (QED) is 0.826. The summed E-state index contributed by atoms with van der Waals surface area (Å²) >= 11 is 1.57. The maximum absolute atomic E-state index is 12.3. The molecular formula is C16H19F2N3O2S. The minimum Gasteiger partial charge on any atom is -0.435 e. The standard InChI is InChI=1S/C16H19F2N3O2S/c1-10(21(3)8-13-9-24-11(2)19-13)15(22)20-12-4-6-14(7-5-12)23-16(17)18/h4-7,9-10,16H,8H2,1-3H3,(H,20,22). The molecule has 0 saturated heterocycles. The Bertz CT molecular complexity index is 676. The molecule has 1 N–H and O–H groups in total. The van der Waals surface area contributed by atoms with Crippen LogP contribution in [0.1, 0.15) is 17.6 Å². The lowest BCUT2D eigenvalue weighted by molar-refractivity contribution is -0.120. The molecule has 130 valence electrons. The molecule has 0 bridgehead atoms. The number of nitrogens with zero attached hydrogens (tertiary/aromatic N) is 2. The molecule has 24 heavy (non-hydrogen) atoms. The molecule has 2 rings (SSSR count). The van der Waals surface area contributed by atoms with E-state index < -0.39 is 6.61 Å². The summed E-state index contributed by atoms with van der Waals surface area (Å²) in [5.41, 5.74) is 1.44. The lowest BCUT2D eigenvalue weighted by Gasteiger charge is -2.23. The number of nitrogens with one attached hydrogen (secondary N) is 1. The molecule has 0 aliphatic carbocycles. The number of rotatable bonds is 7. The van der Waals surface area contributed by atoms with Crippen LogP contribution in [0.15, 0.2) is 29.6 Å². The minimum absolute atomic E-state index is 0.0482.